The molecule has 0 N–H and O–H groups in total. The summed E-state index contributed by atoms with van der Waals surface area (Å²) in [4.78, 5) is 14.8. The van der Waals surface area contributed by atoms with Gasteiger partial charge in [0.05, 0.1) is 14.2 Å². The molecule has 0 fully saturated rings. The second kappa shape index (κ2) is 7.52. The van der Waals surface area contributed by atoms with Crippen LogP contribution in [0.15, 0.2) is 46.9 Å². The number of hydrogen-bond donors (Lipinski definition) is 0. The first kappa shape index (κ1) is 17.9. The predicted molar refractivity (Wildman–Crippen MR) is 101 cm³/mol. The van der Waals surface area contributed by atoms with E-state index in [4.69, 9.17) is 13.9 Å². The Kier molecular flexibility index (Phi) is 5.16. The minimum Gasteiger partial charge on any atom is -0.497 e. The van der Waals surface area contributed by atoms with Crippen LogP contribution < -0.4 is 9.47 Å². The van der Waals surface area contributed by atoms with E-state index in [1.54, 1.807) is 19.1 Å². The molecule has 0 aliphatic heterocycles. The third-order valence-electron chi connectivity index (χ3n) is 4.54. The number of carbonyl (C=O) groups excluding carboxylic acids is 1. The fourth-order valence-corrected chi connectivity index (χ4v) is 2.95. The van der Waals surface area contributed by atoms with Crippen molar-refractivity contribution in [3.63, 3.8) is 0 Å². The van der Waals surface area contributed by atoms with Gasteiger partial charge in [0.1, 0.15) is 17.1 Å². The summed E-state index contributed by atoms with van der Waals surface area (Å²) in [5, 5.41) is 0.896. The average molecular weight is 353 g/mol. The highest BCUT2D eigenvalue weighted by Gasteiger charge is 2.23. The van der Waals surface area contributed by atoms with Crippen molar-refractivity contribution in [3.8, 4) is 11.5 Å². The van der Waals surface area contributed by atoms with Gasteiger partial charge < -0.3 is 18.8 Å². The van der Waals surface area contributed by atoms with Crippen molar-refractivity contribution in [2.24, 2.45) is 0 Å². The van der Waals surface area contributed by atoms with Gasteiger partial charge in [-0.05, 0) is 49.7 Å². The second-order valence-electron chi connectivity index (χ2n) is 6.09. The van der Waals surface area contributed by atoms with Gasteiger partial charge in [-0.2, -0.15) is 0 Å². The number of aryl methyl sites for hydroxylation is 1. The highest BCUT2D eigenvalue weighted by Crippen LogP contribution is 2.29. The third kappa shape index (κ3) is 3.38. The summed E-state index contributed by atoms with van der Waals surface area (Å²) >= 11 is 0. The lowest BCUT2D eigenvalue weighted by atomic mass is 10.1. The largest absolute Gasteiger partial charge is 0.497 e. The van der Waals surface area contributed by atoms with Gasteiger partial charge in [-0.15, -0.1) is 0 Å². The molecule has 26 heavy (non-hydrogen) atoms. The van der Waals surface area contributed by atoms with Gasteiger partial charge >= 0.3 is 0 Å². The van der Waals surface area contributed by atoms with Gasteiger partial charge in [0, 0.05) is 24.0 Å². The molecule has 0 saturated carbocycles. The number of methoxy groups -OCH3 is 2. The van der Waals surface area contributed by atoms with Crippen LogP contribution in [0, 0.1) is 6.92 Å². The van der Waals surface area contributed by atoms with Crippen molar-refractivity contribution in [2.45, 2.75) is 20.4 Å². The first-order valence-corrected chi connectivity index (χ1v) is 8.56. The molecule has 3 aromatic rings. The molecule has 0 unspecified atom stereocenters. The number of furan rings is 1. The third-order valence-corrected chi connectivity index (χ3v) is 4.54. The maximum atomic E-state index is 13.0. The van der Waals surface area contributed by atoms with Crippen LogP contribution in [-0.4, -0.2) is 31.6 Å². The van der Waals surface area contributed by atoms with E-state index < -0.39 is 0 Å². The van der Waals surface area contributed by atoms with E-state index in [1.807, 2.05) is 56.3 Å². The second-order valence-corrected chi connectivity index (χ2v) is 6.09. The van der Waals surface area contributed by atoms with E-state index in [0.29, 0.717) is 24.4 Å². The summed E-state index contributed by atoms with van der Waals surface area (Å²) in [7, 11) is 3.26. The lowest BCUT2D eigenvalue weighted by Crippen LogP contribution is -2.30. The predicted octanol–water partition coefficient (Wildman–Crippen LogP) is 4.42. The van der Waals surface area contributed by atoms with E-state index in [1.165, 1.54) is 0 Å². The van der Waals surface area contributed by atoms with E-state index >= 15 is 0 Å². The van der Waals surface area contributed by atoms with Crippen LogP contribution in [0.4, 0.5) is 0 Å². The maximum absolute atomic E-state index is 13.0. The molecule has 5 nitrogen and oxygen atoms in total. The lowest BCUT2D eigenvalue weighted by Gasteiger charge is -2.20. The molecule has 0 bridgehead atoms. The molecule has 136 valence electrons. The van der Waals surface area contributed by atoms with Crippen molar-refractivity contribution >= 4 is 16.9 Å². The Labute approximate surface area is 153 Å². The Hall–Kier alpha value is -2.95. The molecule has 0 saturated heterocycles. The van der Waals surface area contributed by atoms with E-state index in [9.17, 15) is 4.79 Å². The first-order valence-electron chi connectivity index (χ1n) is 8.56. The average Bonchev–Trinajstić information content (AvgIpc) is 3.02. The van der Waals surface area contributed by atoms with Crippen molar-refractivity contribution in [1.29, 1.82) is 0 Å². The minimum absolute atomic E-state index is 0.115. The molecule has 2 aromatic carbocycles. The molecule has 0 radical (unpaired) electrons. The summed E-state index contributed by atoms with van der Waals surface area (Å²) in [6.45, 7) is 4.96. The van der Waals surface area contributed by atoms with Crippen LogP contribution >= 0.6 is 0 Å². The zero-order valence-corrected chi connectivity index (χ0v) is 15.5. The Morgan fingerprint density at radius 1 is 1.04 bits per heavy atom. The maximum Gasteiger partial charge on any atom is 0.290 e. The molecular formula is C21H23NO4. The summed E-state index contributed by atoms with van der Waals surface area (Å²) in [6.07, 6.45) is 0. The van der Waals surface area contributed by atoms with Crippen molar-refractivity contribution in [3.05, 3.63) is 59.4 Å². The fourth-order valence-electron chi connectivity index (χ4n) is 2.95. The molecule has 0 atom stereocenters. The number of amides is 1. The molecule has 1 heterocycles. The Balaban J connectivity index is 1.88. The van der Waals surface area contributed by atoms with Crippen LogP contribution in [0.3, 0.4) is 0 Å². The number of rotatable bonds is 6. The molecule has 3 rings (SSSR count). The van der Waals surface area contributed by atoms with Crippen molar-refractivity contribution in [1.82, 2.24) is 4.90 Å². The standard InChI is InChI=1S/C21H23NO4/c1-5-22(13-15-6-8-16(24-3)9-7-15)21(23)20-14(2)18-12-17(25-4)10-11-19(18)26-20/h6-12H,5,13H2,1-4H3. The minimum atomic E-state index is -0.115. The smallest absolute Gasteiger partial charge is 0.290 e. The van der Waals surface area contributed by atoms with Gasteiger partial charge in [-0.1, -0.05) is 12.1 Å². The quantitative estimate of drug-likeness (QED) is 0.658. The molecular weight excluding hydrogens is 330 g/mol. The molecule has 1 amide bonds. The monoisotopic (exact) mass is 353 g/mol. The number of fused-ring (bicyclic) bond motifs is 1. The number of benzene rings is 2. The van der Waals surface area contributed by atoms with Crippen LogP contribution in [0.25, 0.3) is 11.0 Å². The molecule has 1 aromatic heterocycles. The van der Waals surface area contributed by atoms with E-state index in [-0.39, 0.29) is 5.91 Å². The summed E-state index contributed by atoms with van der Waals surface area (Å²) in [6, 6.07) is 13.3. The lowest BCUT2D eigenvalue weighted by molar-refractivity contribution is 0.0722. The van der Waals surface area contributed by atoms with Gasteiger partial charge in [0.15, 0.2) is 5.76 Å². The molecule has 0 aliphatic rings. The van der Waals surface area contributed by atoms with Crippen LogP contribution in [0.2, 0.25) is 0 Å². The zero-order valence-electron chi connectivity index (χ0n) is 15.5. The SMILES string of the molecule is CCN(Cc1ccc(OC)cc1)C(=O)c1oc2ccc(OC)cc2c1C. The summed E-state index contributed by atoms with van der Waals surface area (Å²) < 4.78 is 16.3. The summed E-state index contributed by atoms with van der Waals surface area (Å²) in [5.74, 6) is 1.80. The number of hydrogen-bond acceptors (Lipinski definition) is 4. The normalized spacial score (nSPS) is 10.8. The van der Waals surface area contributed by atoms with Crippen molar-refractivity contribution in [2.75, 3.05) is 20.8 Å². The first-order chi connectivity index (χ1) is 12.6. The topological polar surface area (TPSA) is 51.9 Å². The van der Waals surface area contributed by atoms with Gasteiger partial charge in [-0.3, -0.25) is 4.79 Å². The number of ether oxygens (including phenoxy) is 2. The van der Waals surface area contributed by atoms with Gasteiger partial charge in [0.2, 0.25) is 0 Å². The molecule has 5 heteroatoms. The summed E-state index contributed by atoms with van der Waals surface area (Å²) in [5.41, 5.74) is 2.56. The highest BCUT2D eigenvalue weighted by atomic mass is 16.5. The van der Waals surface area contributed by atoms with E-state index in [2.05, 4.69) is 0 Å². The molecule has 0 aliphatic carbocycles. The van der Waals surface area contributed by atoms with Gasteiger partial charge in [0.25, 0.3) is 5.91 Å². The Bertz CT molecular complexity index is 912. The molecule has 0 spiro atoms. The zero-order chi connectivity index (χ0) is 18.7. The van der Waals surface area contributed by atoms with Crippen LogP contribution in [-0.2, 0) is 6.54 Å². The number of nitrogens with zero attached hydrogens (tertiary/aromatic N) is 1. The van der Waals surface area contributed by atoms with Gasteiger partial charge in [-0.25, -0.2) is 0 Å². The Morgan fingerprint density at radius 3 is 2.31 bits per heavy atom. The van der Waals surface area contributed by atoms with E-state index in [0.717, 1.165) is 28.0 Å². The van der Waals surface area contributed by atoms with Crippen LogP contribution in [0.5, 0.6) is 11.5 Å². The fraction of sp³-hybridized carbons (Fsp3) is 0.286. The highest BCUT2D eigenvalue weighted by molar-refractivity contribution is 5.99. The Morgan fingerprint density at radius 2 is 1.69 bits per heavy atom. The number of carbonyl (C=O) groups is 1. The van der Waals surface area contributed by atoms with Crippen LogP contribution in [0.1, 0.15) is 28.6 Å². The van der Waals surface area contributed by atoms with Crippen molar-refractivity contribution < 1.29 is 18.7 Å².